The van der Waals surface area contributed by atoms with Gasteiger partial charge in [-0.05, 0) is 53.1 Å². The Morgan fingerprint density at radius 3 is 2.59 bits per heavy atom. The topological polar surface area (TPSA) is 49.3 Å². The van der Waals surface area contributed by atoms with Crippen LogP contribution < -0.4 is 5.32 Å². The largest absolute Gasteiger partial charge is 0.396 e. The molecule has 0 saturated heterocycles. The third-order valence-corrected chi connectivity index (χ3v) is 3.33. The van der Waals surface area contributed by atoms with Crippen molar-refractivity contribution in [3.63, 3.8) is 0 Å². The first-order chi connectivity index (χ1) is 8.15. The van der Waals surface area contributed by atoms with Gasteiger partial charge in [-0.25, -0.2) is 0 Å². The Hall–Kier alpha value is -0.620. The Morgan fingerprint density at radius 1 is 1.41 bits per heavy atom. The van der Waals surface area contributed by atoms with E-state index in [4.69, 9.17) is 5.11 Å². The van der Waals surface area contributed by atoms with E-state index in [1.807, 2.05) is 31.2 Å². The zero-order chi connectivity index (χ0) is 12.7. The summed E-state index contributed by atoms with van der Waals surface area (Å²) in [6, 6.07) is 8.00. The molecule has 1 atom stereocenters. The van der Waals surface area contributed by atoms with Crippen molar-refractivity contribution in [2.45, 2.75) is 32.2 Å². The van der Waals surface area contributed by atoms with E-state index >= 15 is 0 Å². The van der Waals surface area contributed by atoms with Crippen LogP contribution in [0.2, 0.25) is 0 Å². The maximum atomic E-state index is 11.7. The molecule has 0 aliphatic rings. The molecule has 0 aliphatic carbocycles. The maximum Gasteiger partial charge on any atom is 0.224 e. The first-order valence-corrected chi connectivity index (χ1v) is 6.88. The molecule has 0 saturated carbocycles. The molecule has 2 N–H and O–H groups in total. The highest BCUT2D eigenvalue weighted by molar-refractivity contribution is 14.1. The molecule has 0 radical (unpaired) electrons. The van der Waals surface area contributed by atoms with Gasteiger partial charge in [-0.3, -0.25) is 4.79 Å². The van der Waals surface area contributed by atoms with Crippen LogP contribution in [-0.4, -0.2) is 23.7 Å². The Morgan fingerprint density at radius 2 is 2.06 bits per heavy atom. The van der Waals surface area contributed by atoms with Crippen molar-refractivity contribution in [3.05, 3.63) is 33.4 Å². The quantitative estimate of drug-likeness (QED) is 0.775. The standard InChI is InChI=1S/C13H18INO2/c1-2-12(7-8-16)15-13(17)9-10-3-5-11(14)6-4-10/h3-6,12,16H,2,7-9H2,1H3,(H,15,17)/t12-/m0/s1. The molecule has 0 heterocycles. The van der Waals surface area contributed by atoms with Crippen LogP contribution >= 0.6 is 22.6 Å². The van der Waals surface area contributed by atoms with Crippen LogP contribution in [0.15, 0.2) is 24.3 Å². The minimum absolute atomic E-state index is 0.0199. The summed E-state index contributed by atoms with van der Waals surface area (Å²) in [4.78, 5) is 11.7. The van der Waals surface area contributed by atoms with Crippen LogP contribution in [0.25, 0.3) is 0 Å². The molecule has 0 aliphatic heterocycles. The highest BCUT2D eigenvalue weighted by Crippen LogP contribution is 2.07. The van der Waals surface area contributed by atoms with Gasteiger partial charge in [0, 0.05) is 16.2 Å². The highest BCUT2D eigenvalue weighted by Gasteiger charge is 2.10. The first-order valence-electron chi connectivity index (χ1n) is 5.80. The van der Waals surface area contributed by atoms with Gasteiger partial charge in [0.25, 0.3) is 0 Å². The normalized spacial score (nSPS) is 12.2. The number of carbonyl (C=O) groups excluding carboxylic acids is 1. The molecule has 1 aromatic carbocycles. The van der Waals surface area contributed by atoms with E-state index in [9.17, 15) is 4.79 Å². The van der Waals surface area contributed by atoms with Crippen LogP contribution in [0.1, 0.15) is 25.3 Å². The van der Waals surface area contributed by atoms with Gasteiger partial charge in [-0.1, -0.05) is 19.1 Å². The Labute approximate surface area is 116 Å². The molecule has 1 amide bonds. The summed E-state index contributed by atoms with van der Waals surface area (Å²) in [5, 5.41) is 11.8. The molecule has 0 bridgehead atoms. The van der Waals surface area contributed by atoms with Gasteiger partial charge < -0.3 is 10.4 Å². The molecular weight excluding hydrogens is 329 g/mol. The Bertz CT molecular complexity index is 351. The van der Waals surface area contributed by atoms with Gasteiger partial charge in [0.15, 0.2) is 0 Å². The van der Waals surface area contributed by atoms with Gasteiger partial charge >= 0.3 is 0 Å². The minimum Gasteiger partial charge on any atom is -0.396 e. The number of halogens is 1. The van der Waals surface area contributed by atoms with E-state index in [0.29, 0.717) is 12.8 Å². The van der Waals surface area contributed by atoms with Crippen molar-refractivity contribution < 1.29 is 9.90 Å². The third-order valence-electron chi connectivity index (χ3n) is 2.61. The second-order valence-corrected chi connectivity index (χ2v) is 5.23. The number of benzene rings is 1. The van der Waals surface area contributed by atoms with Crippen molar-refractivity contribution in [3.8, 4) is 0 Å². The van der Waals surface area contributed by atoms with Crippen LogP contribution in [0.4, 0.5) is 0 Å². The van der Waals surface area contributed by atoms with Crippen molar-refractivity contribution in [2.24, 2.45) is 0 Å². The maximum absolute atomic E-state index is 11.7. The molecule has 1 aromatic rings. The summed E-state index contributed by atoms with van der Waals surface area (Å²) in [6.07, 6.45) is 1.87. The van der Waals surface area contributed by atoms with Crippen LogP contribution in [0.5, 0.6) is 0 Å². The number of nitrogens with one attached hydrogen (secondary N) is 1. The molecule has 0 aromatic heterocycles. The monoisotopic (exact) mass is 347 g/mol. The molecule has 1 rings (SSSR count). The SMILES string of the molecule is CC[C@@H](CCO)NC(=O)Cc1ccc(I)cc1. The van der Waals surface area contributed by atoms with E-state index in [1.165, 1.54) is 3.57 Å². The van der Waals surface area contributed by atoms with Gasteiger partial charge in [0.1, 0.15) is 0 Å². The van der Waals surface area contributed by atoms with E-state index in [2.05, 4.69) is 27.9 Å². The number of carbonyl (C=O) groups is 1. The average molecular weight is 347 g/mol. The zero-order valence-corrected chi connectivity index (χ0v) is 12.1. The van der Waals surface area contributed by atoms with Crippen LogP contribution in [-0.2, 0) is 11.2 Å². The summed E-state index contributed by atoms with van der Waals surface area (Å²) >= 11 is 2.24. The summed E-state index contributed by atoms with van der Waals surface area (Å²) in [5.41, 5.74) is 1.02. The average Bonchev–Trinajstić information content (AvgIpc) is 2.31. The van der Waals surface area contributed by atoms with Gasteiger partial charge in [0.2, 0.25) is 5.91 Å². The Balaban J connectivity index is 2.46. The van der Waals surface area contributed by atoms with E-state index in [0.717, 1.165) is 12.0 Å². The smallest absolute Gasteiger partial charge is 0.224 e. The predicted octanol–water partition coefficient (Wildman–Crippen LogP) is 2.11. The predicted molar refractivity (Wildman–Crippen MR) is 76.8 cm³/mol. The second kappa shape index (κ2) is 7.66. The number of amides is 1. The molecule has 3 nitrogen and oxygen atoms in total. The molecule has 17 heavy (non-hydrogen) atoms. The fourth-order valence-electron chi connectivity index (χ4n) is 1.60. The minimum atomic E-state index is 0.0199. The van der Waals surface area contributed by atoms with Crippen molar-refractivity contribution in [2.75, 3.05) is 6.61 Å². The molecule has 94 valence electrons. The molecule has 0 unspecified atom stereocenters. The third kappa shape index (κ3) is 5.50. The first kappa shape index (κ1) is 14.4. The van der Waals surface area contributed by atoms with Gasteiger partial charge in [-0.2, -0.15) is 0 Å². The van der Waals surface area contributed by atoms with Crippen molar-refractivity contribution >= 4 is 28.5 Å². The second-order valence-electron chi connectivity index (χ2n) is 3.99. The van der Waals surface area contributed by atoms with E-state index in [-0.39, 0.29) is 18.6 Å². The lowest BCUT2D eigenvalue weighted by molar-refractivity contribution is -0.121. The van der Waals surface area contributed by atoms with E-state index < -0.39 is 0 Å². The lowest BCUT2D eigenvalue weighted by atomic mass is 10.1. The van der Waals surface area contributed by atoms with E-state index in [1.54, 1.807) is 0 Å². The number of aliphatic hydroxyl groups is 1. The van der Waals surface area contributed by atoms with Crippen LogP contribution in [0.3, 0.4) is 0 Å². The highest BCUT2D eigenvalue weighted by atomic mass is 127. The molecular formula is C13H18INO2. The number of rotatable bonds is 6. The summed E-state index contributed by atoms with van der Waals surface area (Å²) in [7, 11) is 0. The molecule has 0 spiro atoms. The molecule has 4 heteroatoms. The number of hydrogen-bond donors (Lipinski definition) is 2. The van der Waals surface area contributed by atoms with Gasteiger partial charge in [0.05, 0.1) is 6.42 Å². The fraction of sp³-hybridized carbons (Fsp3) is 0.462. The van der Waals surface area contributed by atoms with Gasteiger partial charge in [-0.15, -0.1) is 0 Å². The van der Waals surface area contributed by atoms with Crippen molar-refractivity contribution in [1.29, 1.82) is 0 Å². The lowest BCUT2D eigenvalue weighted by Gasteiger charge is -2.15. The van der Waals surface area contributed by atoms with Crippen molar-refractivity contribution in [1.82, 2.24) is 5.32 Å². The van der Waals surface area contributed by atoms with Crippen LogP contribution in [0, 0.1) is 3.57 Å². The lowest BCUT2D eigenvalue weighted by Crippen LogP contribution is -2.36. The Kier molecular flexibility index (Phi) is 6.50. The number of hydrogen-bond acceptors (Lipinski definition) is 2. The summed E-state index contributed by atoms with van der Waals surface area (Å²) in [6.45, 7) is 2.12. The summed E-state index contributed by atoms with van der Waals surface area (Å²) < 4.78 is 1.17. The molecule has 0 fully saturated rings. The zero-order valence-electron chi connectivity index (χ0n) is 9.95. The summed E-state index contributed by atoms with van der Waals surface area (Å²) in [5.74, 6) is 0.0199. The fourth-order valence-corrected chi connectivity index (χ4v) is 1.96. The number of aliphatic hydroxyl groups excluding tert-OH is 1.